The Bertz CT molecular complexity index is 1150. The number of halogens is 2. The van der Waals surface area contributed by atoms with E-state index in [1.807, 2.05) is 16.3 Å². The lowest BCUT2D eigenvalue weighted by molar-refractivity contribution is -0.131. The van der Waals surface area contributed by atoms with Crippen LogP contribution >= 0.6 is 24.8 Å². The molecule has 0 spiro atoms. The molecule has 2 N–H and O–H groups in total. The summed E-state index contributed by atoms with van der Waals surface area (Å²) in [5, 5.41) is 4.80. The van der Waals surface area contributed by atoms with Crippen molar-refractivity contribution in [2.75, 3.05) is 39.3 Å². The smallest absolute Gasteiger partial charge is 0.236 e. The summed E-state index contributed by atoms with van der Waals surface area (Å²) >= 11 is 0. The second kappa shape index (κ2) is 13.0. The monoisotopic (exact) mass is 518 g/mol. The van der Waals surface area contributed by atoms with Gasteiger partial charge in [0.15, 0.2) is 5.65 Å². The van der Waals surface area contributed by atoms with Crippen molar-refractivity contribution in [2.24, 2.45) is 5.73 Å². The van der Waals surface area contributed by atoms with Gasteiger partial charge in [-0.25, -0.2) is 9.50 Å². The van der Waals surface area contributed by atoms with Gasteiger partial charge in [0, 0.05) is 56.1 Å². The predicted molar refractivity (Wildman–Crippen MR) is 147 cm³/mol. The first-order valence-corrected chi connectivity index (χ1v) is 11.8. The van der Waals surface area contributed by atoms with Gasteiger partial charge in [-0.15, -0.1) is 24.8 Å². The molecule has 1 aromatic carbocycles. The van der Waals surface area contributed by atoms with Crippen molar-refractivity contribution in [3.8, 4) is 0 Å². The Labute approximate surface area is 220 Å². The zero-order valence-corrected chi connectivity index (χ0v) is 22.4. The molecule has 35 heavy (non-hydrogen) atoms. The molecular weight excluding hydrogens is 483 g/mol. The fourth-order valence-corrected chi connectivity index (χ4v) is 4.47. The van der Waals surface area contributed by atoms with E-state index in [1.165, 1.54) is 16.7 Å². The van der Waals surface area contributed by atoms with E-state index in [0.29, 0.717) is 0 Å². The van der Waals surface area contributed by atoms with Crippen LogP contribution in [0.5, 0.6) is 0 Å². The van der Waals surface area contributed by atoms with Crippen LogP contribution < -0.4 is 5.73 Å². The number of benzene rings is 1. The van der Waals surface area contributed by atoms with E-state index in [-0.39, 0.29) is 37.3 Å². The summed E-state index contributed by atoms with van der Waals surface area (Å²) in [4.78, 5) is 20.7. The first kappa shape index (κ1) is 28.8. The Kier molecular flexibility index (Phi) is 10.7. The van der Waals surface area contributed by atoms with Gasteiger partial charge in [0.1, 0.15) is 0 Å². The van der Waals surface area contributed by atoms with Crippen LogP contribution in [0.25, 0.3) is 11.7 Å². The minimum atomic E-state index is 0. The van der Waals surface area contributed by atoms with Gasteiger partial charge in [-0.2, -0.15) is 5.10 Å². The number of aromatic nitrogens is 3. The van der Waals surface area contributed by atoms with E-state index < -0.39 is 0 Å². The van der Waals surface area contributed by atoms with Gasteiger partial charge in [0.05, 0.1) is 12.2 Å². The highest BCUT2D eigenvalue weighted by Gasteiger charge is 2.19. The first-order valence-electron chi connectivity index (χ1n) is 11.8. The largest absolute Gasteiger partial charge is 0.339 e. The van der Waals surface area contributed by atoms with Crippen molar-refractivity contribution in [2.45, 2.75) is 33.6 Å². The molecular formula is C26H36Cl2N6O. The third kappa shape index (κ3) is 6.82. The molecule has 4 rings (SSSR count). The van der Waals surface area contributed by atoms with Crippen molar-refractivity contribution < 1.29 is 4.79 Å². The molecule has 0 aliphatic carbocycles. The average Bonchev–Trinajstić information content (AvgIpc) is 3.17. The van der Waals surface area contributed by atoms with Crippen LogP contribution in [-0.2, 0) is 17.6 Å². The van der Waals surface area contributed by atoms with Gasteiger partial charge < -0.3 is 10.6 Å². The molecule has 0 unspecified atom stereocenters. The lowest BCUT2D eigenvalue weighted by atomic mass is 10.0. The number of rotatable bonds is 7. The number of carbonyl (C=O) groups is 1. The normalized spacial score (nSPS) is 14.2. The van der Waals surface area contributed by atoms with Gasteiger partial charge in [-0.3, -0.25) is 9.69 Å². The SMILES string of the molecule is CCc1nn2c(C)cc(C)nc2c1Cc1ccc(/C=C/CN2CCN(C(=O)CN)CC2)cc1.Cl.Cl. The topological polar surface area (TPSA) is 79.8 Å². The third-order valence-corrected chi connectivity index (χ3v) is 6.34. The van der Waals surface area contributed by atoms with E-state index in [1.54, 1.807) is 0 Å². The predicted octanol–water partition coefficient (Wildman–Crippen LogP) is 3.46. The summed E-state index contributed by atoms with van der Waals surface area (Å²) < 4.78 is 1.98. The number of hydrogen-bond acceptors (Lipinski definition) is 5. The van der Waals surface area contributed by atoms with Crippen LogP contribution in [0.2, 0.25) is 0 Å². The number of nitrogens with two attached hydrogens (primary N) is 1. The van der Waals surface area contributed by atoms with E-state index in [4.69, 9.17) is 15.8 Å². The number of amides is 1. The quantitative estimate of drug-likeness (QED) is 0.517. The number of aryl methyl sites for hydroxylation is 3. The minimum absolute atomic E-state index is 0. The minimum Gasteiger partial charge on any atom is -0.339 e. The second-order valence-electron chi connectivity index (χ2n) is 8.76. The maximum atomic E-state index is 11.7. The Hall–Kier alpha value is -2.45. The van der Waals surface area contributed by atoms with Gasteiger partial charge in [-0.1, -0.05) is 43.3 Å². The van der Waals surface area contributed by atoms with E-state index in [2.05, 4.69) is 61.2 Å². The summed E-state index contributed by atoms with van der Waals surface area (Å²) in [6, 6.07) is 10.8. The molecule has 1 amide bonds. The zero-order chi connectivity index (χ0) is 23.4. The maximum absolute atomic E-state index is 11.7. The van der Waals surface area contributed by atoms with Crippen molar-refractivity contribution in [3.05, 3.63) is 70.2 Å². The van der Waals surface area contributed by atoms with Crippen LogP contribution in [0.15, 0.2) is 36.4 Å². The Morgan fingerprint density at radius 1 is 1.09 bits per heavy atom. The molecule has 1 saturated heterocycles. The van der Waals surface area contributed by atoms with Gasteiger partial charge in [0.25, 0.3) is 0 Å². The van der Waals surface area contributed by atoms with E-state index >= 15 is 0 Å². The standard InChI is InChI=1S/C26H34N6O.2ClH/c1-4-24-23(26-28-19(2)16-20(3)32(26)29-24)17-22-9-7-21(8-10-22)6-5-11-30-12-14-31(15-13-30)25(33)18-27;;/h5-10,16H,4,11-15,17-18,27H2,1-3H3;2*1H/b6-5+;;. The maximum Gasteiger partial charge on any atom is 0.236 e. The van der Waals surface area contributed by atoms with Gasteiger partial charge in [0.2, 0.25) is 5.91 Å². The molecule has 1 aliphatic rings. The zero-order valence-electron chi connectivity index (χ0n) is 20.7. The molecule has 3 heterocycles. The Balaban J connectivity index is 0.00000216. The molecule has 7 nitrogen and oxygen atoms in total. The van der Waals surface area contributed by atoms with E-state index in [0.717, 1.165) is 68.3 Å². The van der Waals surface area contributed by atoms with Crippen LogP contribution in [0.1, 0.15) is 40.7 Å². The van der Waals surface area contributed by atoms with Crippen molar-refractivity contribution in [1.82, 2.24) is 24.4 Å². The Morgan fingerprint density at radius 2 is 1.77 bits per heavy atom. The van der Waals surface area contributed by atoms with Crippen molar-refractivity contribution in [3.63, 3.8) is 0 Å². The molecule has 0 saturated carbocycles. The van der Waals surface area contributed by atoms with Gasteiger partial charge in [-0.05, 0) is 37.5 Å². The first-order chi connectivity index (χ1) is 16.0. The number of piperazine rings is 1. The van der Waals surface area contributed by atoms with Gasteiger partial charge >= 0.3 is 0 Å². The summed E-state index contributed by atoms with van der Waals surface area (Å²) in [6.45, 7) is 10.6. The average molecular weight is 520 g/mol. The summed E-state index contributed by atoms with van der Waals surface area (Å²) in [7, 11) is 0. The molecule has 9 heteroatoms. The summed E-state index contributed by atoms with van der Waals surface area (Å²) in [5.41, 5.74) is 13.4. The van der Waals surface area contributed by atoms with Crippen LogP contribution in [0, 0.1) is 13.8 Å². The Morgan fingerprint density at radius 3 is 2.40 bits per heavy atom. The molecule has 1 aliphatic heterocycles. The lowest BCUT2D eigenvalue weighted by Gasteiger charge is -2.33. The molecule has 0 bridgehead atoms. The summed E-state index contributed by atoms with van der Waals surface area (Å²) in [6.07, 6.45) is 6.10. The number of carbonyl (C=O) groups excluding carboxylic acids is 1. The third-order valence-electron chi connectivity index (χ3n) is 6.34. The highest BCUT2D eigenvalue weighted by Crippen LogP contribution is 2.21. The fraction of sp³-hybridized carbons (Fsp3) is 0.423. The fourth-order valence-electron chi connectivity index (χ4n) is 4.47. The highest BCUT2D eigenvalue weighted by molar-refractivity contribution is 5.85. The molecule has 3 aromatic rings. The molecule has 0 radical (unpaired) electrons. The van der Waals surface area contributed by atoms with Crippen molar-refractivity contribution in [1.29, 1.82) is 0 Å². The van der Waals surface area contributed by atoms with E-state index in [9.17, 15) is 4.79 Å². The lowest BCUT2D eigenvalue weighted by Crippen LogP contribution is -2.50. The number of nitrogens with zero attached hydrogens (tertiary/aromatic N) is 5. The number of hydrogen-bond donors (Lipinski definition) is 1. The molecule has 1 fully saturated rings. The number of fused-ring (bicyclic) bond motifs is 1. The van der Waals surface area contributed by atoms with Crippen LogP contribution in [0.4, 0.5) is 0 Å². The van der Waals surface area contributed by atoms with Crippen molar-refractivity contribution >= 4 is 42.4 Å². The summed E-state index contributed by atoms with van der Waals surface area (Å²) in [5.74, 6) is 0.0431. The second-order valence-corrected chi connectivity index (χ2v) is 8.76. The molecule has 2 aromatic heterocycles. The highest BCUT2D eigenvalue weighted by atomic mass is 35.5. The van der Waals surface area contributed by atoms with Crippen LogP contribution in [0.3, 0.4) is 0 Å². The molecule has 190 valence electrons. The molecule has 0 atom stereocenters. The van der Waals surface area contributed by atoms with Crippen LogP contribution in [-0.4, -0.2) is 69.6 Å².